The number of aryl methyl sites for hydroxylation is 1. The number of aliphatic hydroxyl groups is 1. The maximum Gasteiger partial charge on any atom is 0.253 e. The summed E-state index contributed by atoms with van der Waals surface area (Å²) in [5.41, 5.74) is 1.91. The van der Waals surface area contributed by atoms with E-state index < -0.39 is 0 Å². The molecule has 98 valence electrons. The van der Waals surface area contributed by atoms with Crippen molar-refractivity contribution in [2.75, 3.05) is 7.05 Å². The molecule has 0 aliphatic heterocycles. The van der Waals surface area contributed by atoms with Crippen molar-refractivity contribution < 1.29 is 9.90 Å². The summed E-state index contributed by atoms with van der Waals surface area (Å²) in [4.78, 5) is 14.1. The van der Waals surface area contributed by atoms with E-state index in [9.17, 15) is 9.90 Å². The van der Waals surface area contributed by atoms with Crippen LogP contribution in [0.5, 0.6) is 0 Å². The summed E-state index contributed by atoms with van der Waals surface area (Å²) in [7, 11) is 1.87. The van der Waals surface area contributed by atoms with Gasteiger partial charge in [0.2, 0.25) is 0 Å². The van der Waals surface area contributed by atoms with Crippen LogP contribution in [-0.2, 0) is 0 Å². The number of rotatable bonds is 2. The lowest BCUT2D eigenvalue weighted by atomic mass is 9.92. The van der Waals surface area contributed by atoms with Crippen molar-refractivity contribution in [3.63, 3.8) is 0 Å². The van der Waals surface area contributed by atoms with Gasteiger partial charge in [0.1, 0.15) is 0 Å². The van der Waals surface area contributed by atoms with Gasteiger partial charge < -0.3 is 10.0 Å². The molecule has 1 aromatic rings. The van der Waals surface area contributed by atoms with Crippen LogP contribution in [0, 0.1) is 6.92 Å². The summed E-state index contributed by atoms with van der Waals surface area (Å²) in [5, 5.41) is 9.49. The Kier molecular flexibility index (Phi) is 4.02. The maximum absolute atomic E-state index is 12.3. The third kappa shape index (κ3) is 2.91. The molecule has 0 atom stereocenters. The monoisotopic (exact) mass is 247 g/mol. The Morgan fingerprint density at radius 1 is 1.17 bits per heavy atom. The molecule has 3 heteroatoms. The summed E-state index contributed by atoms with van der Waals surface area (Å²) in [6, 6.07) is 7.96. The lowest BCUT2D eigenvalue weighted by molar-refractivity contribution is 0.0569. The molecule has 0 radical (unpaired) electrons. The fraction of sp³-hybridized carbons (Fsp3) is 0.533. The van der Waals surface area contributed by atoms with E-state index in [0.29, 0.717) is 0 Å². The quantitative estimate of drug-likeness (QED) is 0.871. The Morgan fingerprint density at radius 3 is 2.28 bits per heavy atom. The minimum atomic E-state index is -0.177. The molecular formula is C15H21NO2. The molecule has 1 aliphatic rings. The fourth-order valence-electron chi connectivity index (χ4n) is 2.51. The van der Waals surface area contributed by atoms with E-state index in [-0.39, 0.29) is 18.1 Å². The number of hydrogen-bond acceptors (Lipinski definition) is 2. The third-order valence-corrected chi connectivity index (χ3v) is 3.83. The highest BCUT2D eigenvalue weighted by Gasteiger charge is 2.25. The standard InChI is InChI=1S/C15H21NO2/c1-11-3-5-12(6-4-11)15(18)16(2)13-7-9-14(17)10-8-13/h3-6,13-14,17H,7-10H2,1-2H3. The van der Waals surface area contributed by atoms with Crippen LogP contribution >= 0.6 is 0 Å². The van der Waals surface area contributed by atoms with Gasteiger partial charge in [0.05, 0.1) is 6.10 Å². The van der Waals surface area contributed by atoms with E-state index in [1.54, 1.807) is 0 Å². The smallest absolute Gasteiger partial charge is 0.253 e. The number of carbonyl (C=O) groups is 1. The van der Waals surface area contributed by atoms with Crippen LogP contribution in [0.1, 0.15) is 41.6 Å². The molecule has 18 heavy (non-hydrogen) atoms. The van der Waals surface area contributed by atoms with Crippen LogP contribution in [0.3, 0.4) is 0 Å². The highest BCUT2D eigenvalue weighted by atomic mass is 16.3. The van der Waals surface area contributed by atoms with Crippen molar-refractivity contribution in [1.82, 2.24) is 4.90 Å². The molecule has 3 nitrogen and oxygen atoms in total. The van der Waals surface area contributed by atoms with Gasteiger partial charge in [0.15, 0.2) is 0 Å². The molecule has 0 spiro atoms. The molecule has 0 bridgehead atoms. The van der Waals surface area contributed by atoms with Gasteiger partial charge in [0.25, 0.3) is 5.91 Å². The first-order valence-corrected chi connectivity index (χ1v) is 6.60. The van der Waals surface area contributed by atoms with Crippen molar-refractivity contribution in [1.29, 1.82) is 0 Å². The second-order valence-corrected chi connectivity index (χ2v) is 5.24. The molecule has 1 saturated carbocycles. The average Bonchev–Trinajstić information content (AvgIpc) is 2.39. The minimum absolute atomic E-state index is 0.0800. The second-order valence-electron chi connectivity index (χ2n) is 5.24. The van der Waals surface area contributed by atoms with Crippen LogP contribution in [0.4, 0.5) is 0 Å². The number of aliphatic hydroxyl groups excluding tert-OH is 1. The van der Waals surface area contributed by atoms with Gasteiger partial charge in [-0.3, -0.25) is 4.79 Å². The van der Waals surface area contributed by atoms with E-state index >= 15 is 0 Å². The number of nitrogens with zero attached hydrogens (tertiary/aromatic N) is 1. The summed E-state index contributed by atoms with van der Waals surface area (Å²) in [6.45, 7) is 2.01. The molecule has 0 unspecified atom stereocenters. The molecule has 0 heterocycles. The topological polar surface area (TPSA) is 40.5 Å². The lowest BCUT2D eigenvalue weighted by Crippen LogP contribution is -2.40. The van der Waals surface area contributed by atoms with E-state index in [4.69, 9.17) is 0 Å². The summed E-state index contributed by atoms with van der Waals surface area (Å²) in [5.74, 6) is 0.0800. The van der Waals surface area contributed by atoms with Crippen molar-refractivity contribution in [3.8, 4) is 0 Å². The van der Waals surface area contributed by atoms with Crippen molar-refractivity contribution in [3.05, 3.63) is 35.4 Å². The molecule has 0 aromatic heterocycles. The zero-order valence-electron chi connectivity index (χ0n) is 11.1. The largest absolute Gasteiger partial charge is 0.393 e. The Labute approximate surface area is 108 Å². The van der Waals surface area contributed by atoms with E-state index in [1.165, 1.54) is 0 Å². The molecule has 1 amide bonds. The second kappa shape index (κ2) is 5.53. The minimum Gasteiger partial charge on any atom is -0.393 e. The molecule has 1 fully saturated rings. The van der Waals surface area contributed by atoms with Crippen LogP contribution in [0.2, 0.25) is 0 Å². The Morgan fingerprint density at radius 2 is 1.72 bits per heavy atom. The summed E-state index contributed by atoms with van der Waals surface area (Å²) >= 11 is 0. The van der Waals surface area contributed by atoms with Gasteiger partial charge >= 0.3 is 0 Å². The molecular weight excluding hydrogens is 226 g/mol. The van der Waals surface area contributed by atoms with Crippen LogP contribution in [0.25, 0.3) is 0 Å². The Hall–Kier alpha value is -1.35. The number of amides is 1. The first-order valence-electron chi connectivity index (χ1n) is 6.60. The zero-order chi connectivity index (χ0) is 13.1. The SMILES string of the molecule is Cc1ccc(C(=O)N(C)C2CCC(O)CC2)cc1. The predicted molar refractivity (Wildman–Crippen MR) is 71.5 cm³/mol. The van der Waals surface area contributed by atoms with E-state index in [2.05, 4.69) is 0 Å². The first-order chi connectivity index (χ1) is 8.58. The average molecular weight is 247 g/mol. The number of benzene rings is 1. The lowest BCUT2D eigenvalue weighted by Gasteiger charge is -2.33. The Bertz CT molecular complexity index is 405. The zero-order valence-corrected chi connectivity index (χ0v) is 11.1. The fourth-order valence-corrected chi connectivity index (χ4v) is 2.51. The highest BCUT2D eigenvalue weighted by molar-refractivity contribution is 5.94. The maximum atomic E-state index is 12.3. The van der Waals surface area contributed by atoms with Crippen LogP contribution in [-0.4, -0.2) is 35.1 Å². The van der Waals surface area contributed by atoms with Gasteiger partial charge in [-0.1, -0.05) is 17.7 Å². The predicted octanol–water partition coefficient (Wildman–Crippen LogP) is 2.37. The molecule has 0 saturated heterocycles. The van der Waals surface area contributed by atoms with E-state index in [1.807, 2.05) is 43.1 Å². The van der Waals surface area contributed by atoms with Crippen molar-refractivity contribution in [2.45, 2.75) is 44.8 Å². The third-order valence-electron chi connectivity index (χ3n) is 3.83. The van der Waals surface area contributed by atoms with Crippen molar-refractivity contribution in [2.24, 2.45) is 0 Å². The number of carbonyl (C=O) groups excluding carboxylic acids is 1. The molecule has 1 aliphatic carbocycles. The van der Waals surface area contributed by atoms with Crippen LogP contribution < -0.4 is 0 Å². The molecule has 1 N–H and O–H groups in total. The van der Waals surface area contributed by atoms with Gasteiger partial charge in [-0.05, 0) is 44.7 Å². The van der Waals surface area contributed by atoms with Gasteiger partial charge in [-0.25, -0.2) is 0 Å². The first kappa shape index (κ1) is 13.1. The number of hydrogen-bond donors (Lipinski definition) is 1. The van der Waals surface area contributed by atoms with E-state index in [0.717, 1.165) is 36.8 Å². The molecule has 2 rings (SSSR count). The van der Waals surface area contributed by atoms with Gasteiger partial charge in [-0.15, -0.1) is 0 Å². The highest BCUT2D eigenvalue weighted by Crippen LogP contribution is 2.23. The normalized spacial score (nSPS) is 23.7. The van der Waals surface area contributed by atoms with Gasteiger partial charge in [-0.2, -0.15) is 0 Å². The van der Waals surface area contributed by atoms with Gasteiger partial charge in [0, 0.05) is 18.7 Å². The van der Waals surface area contributed by atoms with Crippen LogP contribution in [0.15, 0.2) is 24.3 Å². The molecule has 1 aromatic carbocycles. The Balaban J connectivity index is 2.02. The summed E-state index contributed by atoms with van der Waals surface area (Å²) in [6.07, 6.45) is 3.22. The van der Waals surface area contributed by atoms with Crippen molar-refractivity contribution >= 4 is 5.91 Å². The summed E-state index contributed by atoms with van der Waals surface area (Å²) < 4.78 is 0.